The van der Waals surface area contributed by atoms with Gasteiger partial charge in [-0.25, -0.2) is 4.98 Å². The molecule has 0 aliphatic heterocycles. The average molecular weight is 266 g/mol. The lowest BCUT2D eigenvalue weighted by Gasteiger charge is -2.05. The number of nitrogens with zero attached hydrogens (tertiary/aromatic N) is 5. The molecular formula is C14H14N6. The van der Waals surface area contributed by atoms with Crippen molar-refractivity contribution in [3.05, 3.63) is 54.2 Å². The summed E-state index contributed by atoms with van der Waals surface area (Å²) in [6, 6.07) is 13.4. The van der Waals surface area contributed by atoms with E-state index < -0.39 is 0 Å². The smallest absolute Gasteiger partial charge is 0.205 e. The fraction of sp³-hybridized carbons (Fsp3) is 0.143. The number of hydrogen-bond acceptors (Lipinski definition) is 5. The van der Waals surface area contributed by atoms with Gasteiger partial charge in [0.25, 0.3) is 0 Å². The molecule has 0 amide bonds. The Balaban J connectivity index is 1.96. The van der Waals surface area contributed by atoms with Crippen molar-refractivity contribution in [3.8, 4) is 17.2 Å². The second-order valence-corrected chi connectivity index (χ2v) is 4.50. The van der Waals surface area contributed by atoms with Gasteiger partial charge in [0.15, 0.2) is 5.82 Å². The number of tetrazole rings is 1. The van der Waals surface area contributed by atoms with Gasteiger partial charge in [0.05, 0.1) is 0 Å². The predicted octanol–water partition coefficient (Wildman–Crippen LogP) is 1.74. The summed E-state index contributed by atoms with van der Waals surface area (Å²) >= 11 is 0. The fourth-order valence-electron chi connectivity index (χ4n) is 1.84. The molecule has 6 heteroatoms. The van der Waals surface area contributed by atoms with Crippen molar-refractivity contribution in [2.45, 2.75) is 13.0 Å². The Morgan fingerprint density at radius 2 is 1.95 bits per heavy atom. The lowest BCUT2D eigenvalue weighted by molar-refractivity contribution is 0.695. The maximum absolute atomic E-state index is 5.86. The van der Waals surface area contributed by atoms with Crippen LogP contribution in [0.3, 0.4) is 0 Å². The Morgan fingerprint density at radius 3 is 2.70 bits per heavy atom. The zero-order valence-corrected chi connectivity index (χ0v) is 11.0. The minimum Gasteiger partial charge on any atom is -0.324 e. The Kier molecular flexibility index (Phi) is 3.22. The van der Waals surface area contributed by atoms with Crippen molar-refractivity contribution in [3.63, 3.8) is 0 Å². The van der Waals surface area contributed by atoms with Crippen LogP contribution in [-0.4, -0.2) is 25.2 Å². The number of benzene rings is 1. The monoisotopic (exact) mass is 266 g/mol. The van der Waals surface area contributed by atoms with Gasteiger partial charge in [-0.05, 0) is 29.8 Å². The summed E-state index contributed by atoms with van der Waals surface area (Å²) in [6.45, 7) is 1.92. The van der Waals surface area contributed by atoms with Crippen LogP contribution in [0.2, 0.25) is 0 Å². The van der Waals surface area contributed by atoms with Gasteiger partial charge in [-0.2, -0.15) is 0 Å². The largest absolute Gasteiger partial charge is 0.324 e. The fourth-order valence-corrected chi connectivity index (χ4v) is 1.84. The molecule has 0 radical (unpaired) electrons. The molecule has 6 nitrogen and oxygen atoms in total. The molecule has 3 rings (SSSR count). The Bertz CT molecular complexity index is 704. The minimum absolute atomic E-state index is 0.0612. The van der Waals surface area contributed by atoms with Gasteiger partial charge in [0, 0.05) is 17.8 Å². The van der Waals surface area contributed by atoms with Crippen LogP contribution in [0.25, 0.3) is 17.2 Å². The molecule has 0 spiro atoms. The van der Waals surface area contributed by atoms with Crippen molar-refractivity contribution in [1.29, 1.82) is 0 Å². The molecule has 0 unspecified atom stereocenters. The van der Waals surface area contributed by atoms with E-state index in [4.69, 9.17) is 5.73 Å². The third kappa shape index (κ3) is 2.41. The van der Waals surface area contributed by atoms with E-state index in [0.717, 1.165) is 11.1 Å². The summed E-state index contributed by atoms with van der Waals surface area (Å²) in [5.74, 6) is 1.17. The summed E-state index contributed by atoms with van der Waals surface area (Å²) in [5.41, 5.74) is 7.76. The molecule has 0 aliphatic rings. The van der Waals surface area contributed by atoms with Crippen molar-refractivity contribution in [2.24, 2.45) is 5.73 Å². The first-order valence-electron chi connectivity index (χ1n) is 6.31. The maximum Gasteiger partial charge on any atom is 0.205 e. The third-order valence-electron chi connectivity index (χ3n) is 2.95. The summed E-state index contributed by atoms with van der Waals surface area (Å²) < 4.78 is 0. The first-order valence-corrected chi connectivity index (χ1v) is 6.31. The molecule has 100 valence electrons. The van der Waals surface area contributed by atoms with Gasteiger partial charge in [0.2, 0.25) is 5.82 Å². The van der Waals surface area contributed by atoms with Crippen LogP contribution in [-0.2, 0) is 0 Å². The first kappa shape index (κ1) is 12.4. The minimum atomic E-state index is -0.0612. The van der Waals surface area contributed by atoms with Gasteiger partial charge < -0.3 is 5.73 Å². The van der Waals surface area contributed by atoms with Gasteiger partial charge in [-0.15, -0.1) is 15.0 Å². The van der Waals surface area contributed by atoms with Crippen molar-refractivity contribution in [2.75, 3.05) is 0 Å². The van der Waals surface area contributed by atoms with E-state index in [0.29, 0.717) is 11.6 Å². The summed E-state index contributed by atoms with van der Waals surface area (Å²) in [4.78, 5) is 5.65. The van der Waals surface area contributed by atoms with E-state index in [1.807, 2.05) is 49.4 Å². The molecule has 0 saturated heterocycles. The highest BCUT2D eigenvalue weighted by Gasteiger charge is 2.09. The van der Waals surface area contributed by atoms with Crippen LogP contribution in [0.5, 0.6) is 0 Å². The molecule has 1 atom stereocenters. The van der Waals surface area contributed by atoms with E-state index in [1.165, 1.54) is 4.80 Å². The number of hydrogen-bond donors (Lipinski definition) is 1. The van der Waals surface area contributed by atoms with E-state index in [1.54, 1.807) is 6.20 Å². The predicted molar refractivity (Wildman–Crippen MR) is 75.0 cm³/mol. The van der Waals surface area contributed by atoms with E-state index in [2.05, 4.69) is 20.4 Å². The van der Waals surface area contributed by atoms with Crippen LogP contribution in [0.1, 0.15) is 18.5 Å². The standard InChI is InChI=1S/C14H14N6/c1-10(15)12-7-8-16-13(9-12)20-18-14(17-19-20)11-5-3-2-4-6-11/h2-10H,15H2,1H3/t10-/m0/s1. The second kappa shape index (κ2) is 5.18. The molecular weight excluding hydrogens is 252 g/mol. The van der Waals surface area contributed by atoms with Crippen molar-refractivity contribution in [1.82, 2.24) is 25.2 Å². The maximum atomic E-state index is 5.86. The van der Waals surface area contributed by atoms with E-state index in [9.17, 15) is 0 Å². The zero-order valence-electron chi connectivity index (χ0n) is 11.0. The molecule has 2 heterocycles. The van der Waals surface area contributed by atoms with Gasteiger partial charge in [-0.1, -0.05) is 30.3 Å². The van der Waals surface area contributed by atoms with Crippen LogP contribution < -0.4 is 5.73 Å². The Labute approximate surface area is 116 Å². The average Bonchev–Trinajstić information content (AvgIpc) is 2.98. The highest BCUT2D eigenvalue weighted by Crippen LogP contribution is 2.15. The van der Waals surface area contributed by atoms with Crippen molar-refractivity contribution >= 4 is 0 Å². The normalized spacial score (nSPS) is 12.3. The molecule has 2 aromatic heterocycles. The lowest BCUT2D eigenvalue weighted by Crippen LogP contribution is -2.08. The van der Waals surface area contributed by atoms with Crippen LogP contribution in [0.15, 0.2) is 48.7 Å². The quantitative estimate of drug-likeness (QED) is 0.780. The van der Waals surface area contributed by atoms with E-state index >= 15 is 0 Å². The molecule has 20 heavy (non-hydrogen) atoms. The van der Waals surface area contributed by atoms with Crippen molar-refractivity contribution < 1.29 is 0 Å². The van der Waals surface area contributed by atoms with Crippen LogP contribution in [0, 0.1) is 0 Å². The molecule has 3 aromatic rings. The van der Waals surface area contributed by atoms with Gasteiger partial charge in [0.1, 0.15) is 0 Å². The summed E-state index contributed by atoms with van der Waals surface area (Å²) in [7, 11) is 0. The summed E-state index contributed by atoms with van der Waals surface area (Å²) in [6.07, 6.45) is 1.69. The molecule has 0 saturated carbocycles. The Hall–Kier alpha value is -2.60. The molecule has 0 fully saturated rings. The van der Waals surface area contributed by atoms with Crippen LogP contribution >= 0.6 is 0 Å². The number of rotatable bonds is 3. The SMILES string of the molecule is C[C@H](N)c1ccnc(-n2nnc(-c3ccccc3)n2)c1. The van der Waals surface area contributed by atoms with Gasteiger partial charge in [-0.3, -0.25) is 0 Å². The molecule has 2 N–H and O–H groups in total. The molecule has 0 bridgehead atoms. The number of aromatic nitrogens is 5. The molecule has 1 aromatic carbocycles. The summed E-state index contributed by atoms with van der Waals surface area (Å²) in [5, 5.41) is 12.4. The highest BCUT2D eigenvalue weighted by molar-refractivity contribution is 5.53. The third-order valence-corrected chi connectivity index (χ3v) is 2.95. The lowest BCUT2D eigenvalue weighted by atomic mass is 10.1. The Morgan fingerprint density at radius 1 is 1.15 bits per heavy atom. The second-order valence-electron chi connectivity index (χ2n) is 4.50. The van der Waals surface area contributed by atoms with E-state index in [-0.39, 0.29) is 6.04 Å². The molecule has 0 aliphatic carbocycles. The topological polar surface area (TPSA) is 82.5 Å². The van der Waals surface area contributed by atoms with Gasteiger partial charge >= 0.3 is 0 Å². The zero-order chi connectivity index (χ0) is 13.9. The number of nitrogens with two attached hydrogens (primary N) is 1. The van der Waals surface area contributed by atoms with Crippen LogP contribution in [0.4, 0.5) is 0 Å². The first-order chi connectivity index (χ1) is 9.74. The number of pyridine rings is 1. The highest BCUT2D eigenvalue weighted by atomic mass is 15.6.